The van der Waals surface area contributed by atoms with E-state index in [2.05, 4.69) is 0 Å². The van der Waals surface area contributed by atoms with Crippen molar-refractivity contribution >= 4 is 5.78 Å². The maximum atomic E-state index is 11.8. The van der Waals surface area contributed by atoms with E-state index in [0.29, 0.717) is 6.54 Å². The van der Waals surface area contributed by atoms with Gasteiger partial charge < -0.3 is 4.57 Å². The van der Waals surface area contributed by atoms with E-state index >= 15 is 0 Å². The molecule has 0 aromatic carbocycles. The summed E-state index contributed by atoms with van der Waals surface area (Å²) in [6.07, 6.45) is 0.891. The molecular weight excluding hydrogens is 178 g/mol. The average Bonchev–Trinajstić information content (AvgIpc) is 2.11. The average molecular weight is 193 g/mol. The molecule has 3 heteroatoms. The third kappa shape index (κ3) is 1.92. The van der Waals surface area contributed by atoms with E-state index in [9.17, 15) is 9.59 Å². The van der Waals surface area contributed by atoms with Gasteiger partial charge in [-0.25, -0.2) is 0 Å². The fraction of sp³-hybridized carbons (Fsp3) is 0.455. The van der Waals surface area contributed by atoms with Crippen molar-refractivity contribution in [2.45, 2.75) is 33.7 Å². The zero-order valence-electron chi connectivity index (χ0n) is 8.83. The molecule has 0 N–H and O–H groups in total. The molecule has 0 aliphatic heterocycles. The van der Waals surface area contributed by atoms with Crippen molar-refractivity contribution in [3.05, 3.63) is 33.7 Å². The number of nitrogens with zero attached hydrogens (tertiary/aromatic N) is 1. The number of aromatic nitrogens is 1. The summed E-state index contributed by atoms with van der Waals surface area (Å²) >= 11 is 0. The third-order valence-corrected chi connectivity index (χ3v) is 2.22. The van der Waals surface area contributed by atoms with Crippen LogP contribution in [-0.2, 0) is 6.54 Å². The van der Waals surface area contributed by atoms with Gasteiger partial charge in [-0.1, -0.05) is 6.92 Å². The van der Waals surface area contributed by atoms with E-state index in [-0.39, 0.29) is 16.9 Å². The number of Topliss-reactive ketones (excluding diaryl/α,β-unsaturated/α-hetero) is 1. The lowest BCUT2D eigenvalue weighted by Crippen LogP contribution is -2.27. The first-order valence-electron chi connectivity index (χ1n) is 4.79. The molecule has 0 saturated heterocycles. The molecule has 0 aliphatic rings. The van der Waals surface area contributed by atoms with Crippen LogP contribution < -0.4 is 5.56 Å². The number of ketones is 1. The van der Waals surface area contributed by atoms with Crippen molar-refractivity contribution in [2.24, 2.45) is 0 Å². The third-order valence-electron chi connectivity index (χ3n) is 2.22. The highest BCUT2D eigenvalue weighted by molar-refractivity contribution is 5.93. The molecule has 76 valence electrons. The Morgan fingerprint density at radius 3 is 2.57 bits per heavy atom. The van der Waals surface area contributed by atoms with Crippen LogP contribution in [0.5, 0.6) is 0 Å². The summed E-state index contributed by atoms with van der Waals surface area (Å²) in [6, 6.07) is 3.42. The molecule has 0 aliphatic carbocycles. The van der Waals surface area contributed by atoms with Crippen LogP contribution in [0.4, 0.5) is 0 Å². The normalized spacial score (nSPS) is 10.2. The highest BCUT2D eigenvalue weighted by Crippen LogP contribution is 2.00. The van der Waals surface area contributed by atoms with Crippen molar-refractivity contribution in [1.82, 2.24) is 4.57 Å². The van der Waals surface area contributed by atoms with Crippen LogP contribution in [0.3, 0.4) is 0 Å². The molecule has 14 heavy (non-hydrogen) atoms. The molecule has 0 unspecified atom stereocenters. The van der Waals surface area contributed by atoms with Crippen molar-refractivity contribution in [2.75, 3.05) is 0 Å². The molecule has 0 amide bonds. The molecule has 1 aromatic heterocycles. The van der Waals surface area contributed by atoms with Gasteiger partial charge in [0.25, 0.3) is 5.56 Å². The van der Waals surface area contributed by atoms with Gasteiger partial charge in [-0.15, -0.1) is 0 Å². The number of aryl methyl sites for hydroxylation is 1. The minimum Gasteiger partial charge on any atom is -0.312 e. The minimum atomic E-state index is -0.167. The molecule has 1 aromatic rings. The van der Waals surface area contributed by atoms with E-state index in [1.807, 2.05) is 19.9 Å². The van der Waals surface area contributed by atoms with Gasteiger partial charge in [0.05, 0.1) is 5.56 Å². The van der Waals surface area contributed by atoms with E-state index < -0.39 is 0 Å². The summed E-state index contributed by atoms with van der Waals surface area (Å²) in [4.78, 5) is 22.9. The summed E-state index contributed by atoms with van der Waals surface area (Å²) in [5.41, 5.74) is 1.02. The van der Waals surface area contributed by atoms with Crippen LogP contribution in [-0.4, -0.2) is 10.4 Å². The van der Waals surface area contributed by atoms with Gasteiger partial charge in [0, 0.05) is 12.2 Å². The lowest BCUT2D eigenvalue weighted by molar-refractivity contribution is 0.101. The highest BCUT2D eigenvalue weighted by Gasteiger charge is 2.08. The Kier molecular flexibility index (Phi) is 3.23. The zero-order valence-corrected chi connectivity index (χ0v) is 8.83. The van der Waals surface area contributed by atoms with Crippen LogP contribution >= 0.6 is 0 Å². The molecule has 3 nitrogen and oxygen atoms in total. The molecule has 0 fully saturated rings. The smallest absolute Gasteiger partial charge is 0.261 e. The maximum absolute atomic E-state index is 11.8. The largest absolute Gasteiger partial charge is 0.312 e. The first-order valence-corrected chi connectivity index (χ1v) is 4.79. The molecule has 1 rings (SSSR count). The Balaban J connectivity index is 3.34. The van der Waals surface area contributed by atoms with Crippen molar-refractivity contribution < 1.29 is 4.79 Å². The number of carbonyl (C=O) groups is 1. The summed E-state index contributed by atoms with van der Waals surface area (Å²) in [6.45, 7) is 5.97. The molecule has 0 spiro atoms. The van der Waals surface area contributed by atoms with E-state index in [4.69, 9.17) is 0 Å². The molecule has 1 heterocycles. The van der Waals surface area contributed by atoms with Crippen LogP contribution in [0.25, 0.3) is 0 Å². The fourth-order valence-electron chi connectivity index (χ4n) is 1.44. The molecule has 0 radical (unpaired) electrons. The fourth-order valence-corrected chi connectivity index (χ4v) is 1.44. The minimum absolute atomic E-state index is 0.167. The van der Waals surface area contributed by atoms with E-state index in [0.717, 1.165) is 12.1 Å². The summed E-state index contributed by atoms with van der Waals surface area (Å²) in [5, 5.41) is 0. The van der Waals surface area contributed by atoms with Gasteiger partial charge in [0.15, 0.2) is 5.78 Å². The van der Waals surface area contributed by atoms with Gasteiger partial charge in [-0.2, -0.15) is 0 Å². The van der Waals surface area contributed by atoms with Gasteiger partial charge in [0.2, 0.25) is 0 Å². The van der Waals surface area contributed by atoms with Crippen LogP contribution in [0, 0.1) is 6.92 Å². The predicted octanol–water partition coefficient (Wildman–Crippen LogP) is 1.77. The maximum Gasteiger partial charge on any atom is 0.261 e. The summed E-state index contributed by atoms with van der Waals surface area (Å²) in [7, 11) is 0. The second kappa shape index (κ2) is 4.22. The second-order valence-corrected chi connectivity index (χ2v) is 3.40. The van der Waals surface area contributed by atoms with Gasteiger partial charge >= 0.3 is 0 Å². The Labute approximate surface area is 83.4 Å². The lowest BCUT2D eigenvalue weighted by Gasteiger charge is -2.09. The standard InChI is InChI=1S/C11H15NO2/c1-4-7-12-8(2)5-6-10(9(3)13)11(12)14/h5-6H,4,7H2,1-3H3. The van der Waals surface area contributed by atoms with Gasteiger partial charge in [-0.05, 0) is 32.4 Å². The molecule has 0 saturated carbocycles. The molecular formula is C11H15NO2. The van der Waals surface area contributed by atoms with Crippen LogP contribution in [0.1, 0.15) is 36.3 Å². The Morgan fingerprint density at radius 1 is 1.43 bits per heavy atom. The lowest BCUT2D eigenvalue weighted by atomic mass is 10.2. The number of hydrogen-bond donors (Lipinski definition) is 0. The van der Waals surface area contributed by atoms with Crippen molar-refractivity contribution in [3.8, 4) is 0 Å². The van der Waals surface area contributed by atoms with E-state index in [1.54, 1.807) is 10.6 Å². The predicted molar refractivity (Wildman–Crippen MR) is 55.7 cm³/mol. The molecule has 0 bridgehead atoms. The van der Waals surface area contributed by atoms with Crippen LogP contribution in [0.2, 0.25) is 0 Å². The Hall–Kier alpha value is -1.38. The number of carbonyl (C=O) groups excluding carboxylic acids is 1. The summed E-state index contributed by atoms with van der Waals surface area (Å²) < 4.78 is 1.65. The second-order valence-electron chi connectivity index (χ2n) is 3.40. The Bertz CT molecular complexity index is 404. The first kappa shape index (κ1) is 10.7. The summed E-state index contributed by atoms with van der Waals surface area (Å²) in [5.74, 6) is -0.167. The number of rotatable bonds is 3. The highest BCUT2D eigenvalue weighted by atomic mass is 16.1. The van der Waals surface area contributed by atoms with Gasteiger partial charge in [0.1, 0.15) is 0 Å². The van der Waals surface area contributed by atoms with Crippen molar-refractivity contribution in [1.29, 1.82) is 0 Å². The quantitative estimate of drug-likeness (QED) is 0.686. The first-order chi connectivity index (χ1) is 6.57. The van der Waals surface area contributed by atoms with E-state index in [1.165, 1.54) is 6.92 Å². The van der Waals surface area contributed by atoms with Gasteiger partial charge in [-0.3, -0.25) is 9.59 Å². The van der Waals surface area contributed by atoms with Crippen LogP contribution in [0.15, 0.2) is 16.9 Å². The topological polar surface area (TPSA) is 39.1 Å². The molecule has 0 atom stereocenters. The number of pyridine rings is 1. The Morgan fingerprint density at radius 2 is 2.07 bits per heavy atom. The zero-order chi connectivity index (χ0) is 10.7. The SMILES string of the molecule is CCCn1c(C)ccc(C(C)=O)c1=O. The van der Waals surface area contributed by atoms with Crippen molar-refractivity contribution in [3.63, 3.8) is 0 Å². The number of hydrogen-bond acceptors (Lipinski definition) is 2. The monoisotopic (exact) mass is 193 g/mol.